The van der Waals surface area contributed by atoms with Crippen LogP contribution in [0.2, 0.25) is 9.36 Å². The summed E-state index contributed by atoms with van der Waals surface area (Å²) in [6.07, 6.45) is 1.41. The molecule has 0 unspecified atom stereocenters. The molecule has 0 aliphatic carbocycles. The summed E-state index contributed by atoms with van der Waals surface area (Å²) in [6, 6.07) is 20.0. The number of benzene rings is 2. The molecular formula is C28H22Cl2N4O3S2. The number of aromatic nitrogens is 3. The number of sulfonamides is 1. The van der Waals surface area contributed by atoms with Gasteiger partial charge in [-0.3, -0.25) is 4.79 Å². The van der Waals surface area contributed by atoms with E-state index in [2.05, 4.69) is 14.7 Å². The minimum Gasteiger partial charge on any atom is -0.308 e. The van der Waals surface area contributed by atoms with Crippen molar-refractivity contribution in [1.29, 1.82) is 0 Å². The molecular weight excluding hydrogens is 575 g/mol. The smallest absolute Gasteiger partial charge is 0.283 e. The lowest BCUT2D eigenvalue weighted by Crippen LogP contribution is -2.29. The summed E-state index contributed by atoms with van der Waals surface area (Å²) in [6.45, 7) is 4.01. The van der Waals surface area contributed by atoms with Gasteiger partial charge in [-0.25, -0.2) is 23.1 Å². The predicted molar refractivity (Wildman–Crippen MR) is 158 cm³/mol. The SMILES string of the molecule is Cc1cc(C(=O)NS(=O)(=O)/C=C/c2ccccc2)nc2c1nc(C)n2Cc1ccc(-c2ccc(Cl)s2)cc1Cl. The Hall–Kier alpha value is -3.50. The van der Waals surface area contributed by atoms with Crippen LogP contribution in [0.1, 0.15) is 33.0 Å². The van der Waals surface area contributed by atoms with Crippen molar-refractivity contribution in [2.24, 2.45) is 0 Å². The molecule has 2 aromatic carbocycles. The van der Waals surface area contributed by atoms with Crippen LogP contribution < -0.4 is 4.72 Å². The van der Waals surface area contributed by atoms with Gasteiger partial charge in [0.15, 0.2) is 5.65 Å². The monoisotopic (exact) mass is 596 g/mol. The lowest BCUT2D eigenvalue weighted by Gasteiger charge is -2.11. The van der Waals surface area contributed by atoms with Crippen LogP contribution in [-0.4, -0.2) is 28.9 Å². The average Bonchev–Trinajstić information content (AvgIpc) is 3.47. The molecule has 1 amide bonds. The predicted octanol–water partition coefficient (Wildman–Crippen LogP) is 6.86. The number of amides is 1. The summed E-state index contributed by atoms with van der Waals surface area (Å²) in [5.41, 5.74) is 4.23. The third kappa shape index (κ3) is 6.07. The van der Waals surface area contributed by atoms with E-state index in [1.165, 1.54) is 23.5 Å². The molecule has 198 valence electrons. The molecule has 0 fully saturated rings. The van der Waals surface area contributed by atoms with Crippen LogP contribution in [-0.2, 0) is 16.6 Å². The van der Waals surface area contributed by atoms with Gasteiger partial charge in [-0.15, -0.1) is 11.3 Å². The molecule has 0 saturated carbocycles. The molecule has 3 heterocycles. The van der Waals surface area contributed by atoms with Gasteiger partial charge in [0.25, 0.3) is 15.9 Å². The van der Waals surface area contributed by atoms with Crippen LogP contribution in [0.5, 0.6) is 0 Å². The number of carbonyl (C=O) groups excluding carboxylic acids is 1. The molecule has 5 rings (SSSR count). The number of aryl methyl sites for hydroxylation is 2. The van der Waals surface area contributed by atoms with E-state index in [9.17, 15) is 13.2 Å². The summed E-state index contributed by atoms with van der Waals surface area (Å²) in [5.74, 6) is -0.151. The van der Waals surface area contributed by atoms with E-state index in [1.54, 1.807) is 31.2 Å². The highest BCUT2D eigenvalue weighted by atomic mass is 35.5. The lowest BCUT2D eigenvalue weighted by molar-refractivity contribution is 0.0977. The highest BCUT2D eigenvalue weighted by Gasteiger charge is 2.20. The number of halogens is 2. The topological polar surface area (TPSA) is 93.9 Å². The summed E-state index contributed by atoms with van der Waals surface area (Å²) < 4.78 is 29.7. The Labute approximate surface area is 239 Å². The van der Waals surface area contributed by atoms with Crippen LogP contribution in [0.25, 0.3) is 27.7 Å². The Bertz CT molecular complexity index is 1850. The van der Waals surface area contributed by atoms with Gasteiger partial charge in [0.1, 0.15) is 17.0 Å². The van der Waals surface area contributed by atoms with E-state index >= 15 is 0 Å². The molecule has 5 aromatic rings. The Morgan fingerprint density at radius 3 is 2.49 bits per heavy atom. The molecule has 0 bridgehead atoms. The van der Waals surface area contributed by atoms with Gasteiger partial charge in [0, 0.05) is 9.90 Å². The maximum atomic E-state index is 12.9. The Kier molecular flexibility index (Phi) is 7.59. The average molecular weight is 598 g/mol. The second-order valence-electron chi connectivity index (χ2n) is 8.84. The van der Waals surface area contributed by atoms with Gasteiger partial charge >= 0.3 is 0 Å². The van der Waals surface area contributed by atoms with Crippen molar-refractivity contribution in [3.05, 3.63) is 110 Å². The number of rotatable bonds is 7. The molecule has 0 radical (unpaired) electrons. The van der Waals surface area contributed by atoms with E-state index in [1.807, 2.05) is 47.9 Å². The number of thiophene rings is 1. The van der Waals surface area contributed by atoms with Crippen LogP contribution in [0, 0.1) is 13.8 Å². The zero-order chi connectivity index (χ0) is 27.7. The van der Waals surface area contributed by atoms with Gasteiger partial charge < -0.3 is 4.57 Å². The van der Waals surface area contributed by atoms with Gasteiger partial charge in [-0.2, -0.15) is 0 Å². The fraction of sp³-hybridized carbons (Fsp3) is 0.107. The molecule has 0 saturated heterocycles. The van der Waals surface area contributed by atoms with E-state index in [0.29, 0.717) is 44.0 Å². The van der Waals surface area contributed by atoms with Crippen molar-refractivity contribution >= 4 is 67.7 Å². The van der Waals surface area contributed by atoms with Crippen molar-refractivity contribution in [3.8, 4) is 10.4 Å². The molecule has 1 N–H and O–H groups in total. The largest absolute Gasteiger partial charge is 0.308 e. The summed E-state index contributed by atoms with van der Waals surface area (Å²) >= 11 is 14.2. The van der Waals surface area contributed by atoms with Gasteiger partial charge in [0.2, 0.25) is 0 Å². The molecule has 11 heteroatoms. The minimum absolute atomic E-state index is 0.0335. The first-order valence-electron chi connectivity index (χ1n) is 11.8. The standard InChI is InChI=1S/C28H22Cl2N4O3S2/c1-17-14-23(28(35)33-39(36,37)13-12-19-6-4-3-5-7-19)32-27-26(17)31-18(2)34(27)16-21-9-8-20(15-22(21)29)24-10-11-25(30)38-24/h3-15H,16H2,1-2H3,(H,33,35)/b13-12+. The molecule has 39 heavy (non-hydrogen) atoms. The van der Waals surface area contributed by atoms with Crippen molar-refractivity contribution < 1.29 is 13.2 Å². The quantitative estimate of drug-likeness (QED) is 0.221. The summed E-state index contributed by atoms with van der Waals surface area (Å²) in [7, 11) is -4.05. The van der Waals surface area contributed by atoms with Gasteiger partial charge in [-0.1, -0.05) is 65.7 Å². The zero-order valence-corrected chi connectivity index (χ0v) is 24.0. The first-order chi connectivity index (χ1) is 18.6. The number of nitrogens with zero attached hydrogens (tertiary/aromatic N) is 3. The van der Waals surface area contributed by atoms with Crippen LogP contribution in [0.3, 0.4) is 0 Å². The molecule has 0 atom stereocenters. The third-order valence-electron chi connectivity index (χ3n) is 6.03. The van der Waals surface area contributed by atoms with Gasteiger partial charge in [0.05, 0.1) is 16.3 Å². The Morgan fingerprint density at radius 1 is 1.03 bits per heavy atom. The van der Waals surface area contributed by atoms with Crippen molar-refractivity contribution in [1.82, 2.24) is 19.3 Å². The number of hydrogen-bond donors (Lipinski definition) is 1. The van der Waals surface area contributed by atoms with Crippen molar-refractivity contribution in [2.45, 2.75) is 20.4 Å². The maximum Gasteiger partial charge on any atom is 0.283 e. The number of imidazole rings is 1. The number of nitrogens with one attached hydrogen (secondary N) is 1. The van der Waals surface area contributed by atoms with E-state index in [4.69, 9.17) is 23.2 Å². The molecule has 0 spiro atoms. The second kappa shape index (κ2) is 10.9. The first kappa shape index (κ1) is 27.1. The highest BCUT2D eigenvalue weighted by Crippen LogP contribution is 2.34. The zero-order valence-electron chi connectivity index (χ0n) is 20.9. The number of carbonyl (C=O) groups is 1. The highest BCUT2D eigenvalue weighted by molar-refractivity contribution is 7.93. The van der Waals surface area contributed by atoms with E-state index < -0.39 is 15.9 Å². The van der Waals surface area contributed by atoms with Gasteiger partial charge in [-0.05, 0) is 66.4 Å². The summed E-state index contributed by atoms with van der Waals surface area (Å²) in [5, 5.41) is 1.52. The Morgan fingerprint density at radius 2 is 1.79 bits per heavy atom. The molecule has 0 aliphatic heterocycles. The second-order valence-corrected chi connectivity index (χ2v) is 12.5. The van der Waals surface area contributed by atoms with Crippen LogP contribution in [0.4, 0.5) is 0 Å². The van der Waals surface area contributed by atoms with E-state index in [-0.39, 0.29) is 5.69 Å². The molecule has 7 nitrogen and oxygen atoms in total. The Balaban J connectivity index is 1.42. The lowest BCUT2D eigenvalue weighted by atomic mass is 10.1. The first-order valence-corrected chi connectivity index (χ1v) is 14.9. The fourth-order valence-corrected chi connectivity index (χ4v) is 6.12. The molecule has 3 aromatic heterocycles. The molecule has 0 aliphatic rings. The normalized spacial score (nSPS) is 11.9. The van der Waals surface area contributed by atoms with Crippen LogP contribution >= 0.6 is 34.5 Å². The number of pyridine rings is 1. The fourth-order valence-electron chi connectivity index (χ4n) is 4.07. The minimum atomic E-state index is -4.05. The maximum absolute atomic E-state index is 12.9. The van der Waals surface area contributed by atoms with Crippen LogP contribution in [0.15, 0.2) is 72.1 Å². The van der Waals surface area contributed by atoms with Crippen molar-refractivity contribution in [2.75, 3.05) is 0 Å². The number of hydrogen-bond acceptors (Lipinski definition) is 6. The summed E-state index contributed by atoms with van der Waals surface area (Å²) in [4.78, 5) is 23.1. The third-order valence-corrected chi connectivity index (χ3v) is 8.63. The van der Waals surface area contributed by atoms with Crippen molar-refractivity contribution in [3.63, 3.8) is 0 Å². The number of fused-ring (bicyclic) bond motifs is 1. The van der Waals surface area contributed by atoms with E-state index in [0.717, 1.165) is 21.4 Å².